The van der Waals surface area contributed by atoms with Crippen LogP contribution in [0.25, 0.3) is 11.0 Å². The minimum Gasteiger partial charge on any atom is -0.477 e. The Morgan fingerprint density at radius 2 is 2.15 bits per heavy atom. The van der Waals surface area contributed by atoms with Crippen molar-refractivity contribution in [1.82, 2.24) is 15.3 Å². The Balaban J connectivity index is 1.47. The van der Waals surface area contributed by atoms with Gasteiger partial charge in [-0.15, -0.1) is 0 Å². The van der Waals surface area contributed by atoms with E-state index in [0.29, 0.717) is 5.88 Å². The second-order valence-corrected chi connectivity index (χ2v) is 5.40. The van der Waals surface area contributed by atoms with Crippen molar-refractivity contribution in [3.8, 4) is 5.88 Å². The summed E-state index contributed by atoms with van der Waals surface area (Å²) in [5, 5.41) is 3.45. The van der Waals surface area contributed by atoms with Crippen LogP contribution in [0.5, 0.6) is 5.88 Å². The minimum absolute atomic E-state index is 0.630. The van der Waals surface area contributed by atoms with Gasteiger partial charge in [-0.25, -0.2) is 9.97 Å². The van der Waals surface area contributed by atoms with E-state index in [4.69, 9.17) is 4.74 Å². The van der Waals surface area contributed by atoms with Gasteiger partial charge in [0.05, 0.1) is 23.8 Å². The number of fused-ring (bicyclic) bond motifs is 1. The maximum Gasteiger partial charge on any atom is 0.232 e. The summed E-state index contributed by atoms with van der Waals surface area (Å²) in [6.45, 7) is 3.07. The summed E-state index contributed by atoms with van der Waals surface area (Å²) in [6.07, 6.45) is 6.68. The van der Waals surface area contributed by atoms with Gasteiger partial charge in [0.2, 0.25) is 5.88 Å². The van der Waals surface area contributed by atoms with Crippen LogP contribution in [0.1, 0.15) is 25.7 Å². The number of aromatic nitrogens is 2. The summed E-state index contributed by atoms with van der Waals surface area (Å²) >= 11 is 0. The molecule has 0 saturated carbocycles. The number of hydrogen-bond donors (Lipinski definition) is 1. The molecular formula is C16H21N3O. The molecule has 1 aromatic carbocycles. The van der Waals surface area contributed by atoms with E-state index in [9.17, 15) is 0 Å². The smallest absolute Gasteiger partial charge is 0.232 e. The lowest BCUT2D eigenvalue weighted by atomic mass is 9.95. The molecule has 0 aliphatic carbocycles. The number of benzene rings is 1. The summed E-state index contributed by atoms with van der Waals surface area (Å²) in [4.78, 5) is 8.81. The van der Waals surface area contributed by atoms with Crippen LogP contribution < -0.4 is 10.1 Å². The Morgan fingerprint density at radius 1 is 1.25 bits per heavy atom. The number of para-hydroxylation sites is 2. The van der Waals surface area contributed by atoms with E-state index >= 15 is 0 Å². The Labute approximate surface area is 119 Å². The number of piperidine rings is 1. The van der Waals surface area contributed by atoms with Crippen molar-refractivity contribution in [3.63, 3.8) is 0 Å². The fraction of sp³-hybridized carbons (Fsp3) is 0.500. The molecule has 2 heterocycles. The van der Waals surface area contributed by atoms with Gasteiger partial charge < -0.3 is 10.1 Å². The van der Waals surface area contributed by atoms with Gasteiger partial charge in [-0.2, -0.15) is 0 Å². The van der Waals surface area contributed by atoms with Gasteiger partial charge in [0.15, 0.2) is 0 Å². The topological polar surface area (TPSA) is 47.0 Å². The van der Waals surface area contributed by atoms with Crippen molar-refractivity contribution >= 4 is 11.0 Å². The van der Waals surface area contributed by atoms with E-state index in [1.165, 1.54) is 25.8 Å². The molecule has 0 spiro atoms. The zero-order valence-electron chi connectivity index (χ0n) is 11.7. The molecule has 2 aromatic rings. The molecule has 0 unspecified atom stereocenters. The number of nitrogens with one attached hydrogen (secondary N) is 1. The number of rotatable bonds is 5. The van der Waals surface area contributed by atoms with Gasteiger partial charge in [0.25, 0.3) is 0 Å². The Kier molecular flexibility index (Phi) is 4.43. The molecule has 1 N–H and O–H groups in total. The molecule has 20 heavy (non-hydrogen) atoms. The molecule has 1 fully saturated rings. The molecule has 1 saturated heterocycles. The molecule has 0 bridgehead atoms. The van der Waals surface area contributed by atoms with Gasteiger partial charge in [-0.05, 0) is 56.8 Å². The first kappa shape index (κ1) is 13.3. The van der Waals surface area contributed by atoms with Crippen LogP contribution in [0.15, 0.2) is 30.5 Å². The van der Waals surface area contributed by atoms with Crippen molar-refractivity contribution < 1.29 is 4.74 Å². The third-order valence-corrected chi connectivity index (χ3v) is 3.83. The molecule has 0 radical (unpaired) electrons. The van der Waals surface area contributed by atoms with E-state index in [-0.39, 0.29) is 0 Å². The first-order valence-corrected chi connectivity index (χ1v) is 7.47. The predicted octanol–water partition coefficient (Wildman–Crippen LogP) is 2.79. The zero-order valence-corrected chi connectivity index (χ0v) is 11.7. The van der Waals surface area contributed by atoms with E-state index < -0.39 is 0 Å². The van der Waals surface area contributed by atoms with E-state index in [1.54, 1.807) is 6.20 Å². The summed E-state index contributed by atoms with van der Waals surface area (Å²) in [6, 6.07) is 7.86. The van der Waals surface area contributed by atoms with Crippen molar-refractivity contribution in [2.45, 2.75) is 25.7 Å². The average molecular weight is 271 g/mol. The van der Waals surface area contributed by atoms with Crippen LogP contribution in [0, 0.1) is 5.92 Å². The normalized spacial score (nSPS) is 19.1. The summed E-state index contributed by atoms with van der Waals surface area (Å²) in [7, 11) is 0. The van der Waals surface area contributed by atoms with Gasteiger partial charge in [0.1, 0.15) is 0 Å². The van der Waals surface area contributed by atoms with Crippen LogP contribution in [0.2, 0.25) is 0 Å². The highest BCUT2D eigenvalue weighted by molar-refractivity contribution is 5.73. The summed E-state index contributed by atoms with van der Waals surface area (Å²) in [5.74, 6) is 1.44. The highest BCUT2D eigenvalue weighted by atomic mass is 16.5. The third-order valence-electron chi connectivity index (χ3n) is 3.83. The van der Waals surface area contributed by atoms with Crippen LogP contribution in [0.4, 0.5) is 0 Å². The van der Waals surface area contributed by atoms with E-state index in [2.05, 4.69) is 15.3 Å². The Bertz CT molecular complexity index is 552. The molecule has 0 amide bonds. The van der Waals surface area contributed by atoms with E-state index in [1.807, 2.05) is 24.3 Å². The zero-order chi connectivity index (χ0) is 13.6. The van der Waals surface area contributed by atoms with Crippen LogP contribution >= 0.6 is 0 Å². The molecule has 106 valence electrons. The summed E-state index contributed by atoms with van der Waals surface area (Å²) in [5.41, 5.74) is 1.80. The monoisotopic (exact) mass is 271 g/mol. The van der Waals surface area contributed by atoms with Crippen molar-refractivity contribution in [2.75, 3.05) is 19.7 Å². The first-order valence-electron chi connectivity index (χ1n) is 7.47. The standard InChI is InChI=1S/C16H21N3O/c1-2-8-15-14(7-1)18-12-16(19-15)20-10-4-6-13-5-3-9-17-11-13/h1-2,7-8,12-13,17H,3-6,9-11H2/t13-/m1/s1. The fourth-order valence-electron chi connectivity index (χ4n) is 2.73. The molecule has 1 atom stereocenters. The average Bonchev–Trinajstić information content (AvgIpc) is 2.52. The van der Waals surface area contributed by atoms with Gasteiger partial charge in [0, 0.05) is 0 Å². The largest absolute Gasteiger partial charge is 0.477 e. The van der Waals surface area contributed by atoms with Gasteiger partial charge in [-0.3, -0.25) is 0 Å². The van der Waals surface area contributed by atoms with Crippen molar-refractivity contribution in [3.05, 3.63) is 30.5 Å². The second kappa shape index (κ2) is 6.66. The fourth-order valence-corrected chi connectivity index (χ4v) is 2.73. The lowest BCUT2D eigenvalue weighted by Crippen LogP contribution is -2.29. The van der Waals surface area contributed by atoms with Gasteiger partial charge in [-0.1, -0.05) is 12.1 Å². The number of nitrogens with zero attached hydrogens (tertiary/aromatic N) is 2. The van der Waals surface area contributed by atoms with Gasteiger partial charge >= 0.3 is 0 Å². The second-order valence-electron chi connectivity index (χ2n) is 5.40. The molecule has 3 rings (SSSR count). The highest BCUT2D eigenvalue weighted by Crippen LogP contribution is 2.17. The maximum atomic E-state index is 5.71. The van der Waals surface area contributed by atoms with Crippen LogP contribution in [0.3, 0.4) is 0 Å². The Hall–Kier alpha value is -1.68. The molecular weight excluding hydrogens is 250 g/mol. The lowest BCUT2D eigenvalue weighted by Gasteiger charge is -2.22. The van der Waals surface area contributed by atoms with Crippen LogP contribution in [-0.4, -0.2) is 29.7 Å². The predicted molar refractivity (Wildman–Crippen MR) is 79.9 cm³/mol. The molecule has 1 aromatic heterocycles. The molecule has 1 aliphatic heterocycles. The number of ether oxygens (including phenoxy) is 1. The maximum absolute atomic E-state index is 5.71. The van der Waals surface area contributed by atoms with Crippen LogP contribution in [-0.2, 0) is 0 Å². The van der Waals surface area contributed by atoms with Crippen molar-refractivity contribution in [1.29, 1.82) is 0 Å². The third kappa shape index (κ3) is 3.45. The minimum atomic E-state index is 0.630. The quantitative estimate of drug-likeness (QED) is 0.849. The molecule has 4 heteroatoms. The summed E-state index contributed by atoms with van der Waals surface area (Å²) < 4.78 is 5.71. The highest BCUT2D eigenvalue weighted by Gasteiger charge is 2.12. The number of hydrogen-bond acceptors (Lipinski definition) is 4. The first-order chi connectivity index (χ1) is 9.92. The van der Waals surface area contributed by atoms with Crippen molar-refractivity contribution in [2.24, 2.45) is 5.92 Å². The Morgan fingerprint density at radius 3 is 3.00 bits per heavy atom. The SMILES string of the molecule is c1ccc2nc(OCCC[C@H]3CCCNC3)cnc2c1. The molecule has 4 nitrogen and oxygen atoms in total. The van der Waals surface area contributed by atoms with E-state index in [0.717, 1.165) is 36.5 Å². The lowest BCUT2D eigenvalue weighted by molar-refractivity contribution is 0.268. The molecule has 1 aliphatic rings.